The van der Waals surface area contributed by atoms with Crippen LogP contribution in [0.4, 0.5) is 0 Å². The summed E-state index contributed by atoms with van der Waals surface area (Å²) in [6, 6.07) is 35.8. The van der Waals surface area contributed by atoms with E-state index in [1.165, 1.54) is 22.3 Å². The largest absolute Gasteiger partial charge is 0.456 e. The van der Waals surface area contributed by atoms with E-state index in [-0.39, 0.29) is 0 Å². The molecule has 1 nitrogen and oxygen atoms in total. The number of fused-ring (bicyclic) bond motifs is 5. The summed E-state index contributed by atoms with van der Waals surface area (Å²) in [6.45, 7) is 0. The van der Waals surface area contributed by atoms with Gasteiger partial charge in [-0.25, -0.2) is 0 Å². The predicted octanol–water partition coefficient (Wildman–Crippen LogP) is 7.45. The van der Waals surface area contributed by atoms with Gasteiger partial charge in [0, 0.05) is 21.5 Å². The van der Waals surface area contributed by atoms with E-state index in [1.54, 1.807) is 0 Å². The molecule has 4 aromatic carbocycles. The molecule has 0 saturated carbocycles. The molecule has 0 unspecified atom stereocenters. The molecule has 1 aliphatic carbocycles. The van der Waals surface area contributed by atoms with Gasteiger partial charge in [0.05, 0.1) is 5.41 Å². The van der Waals surface area contributed by atoms with Crippen molar-refractivity contribution in [2.24, 2.45) is 0 Å². The number of furan rings is 1. The predicted molar refractivity (Wildman–Crippen MR) is 119 cm³/mol. The van der Waals surface area contributed by atoms with Crippen molar-refractivity contribution in [2.45, 2.75) is 5.41 Å². The van der Waals surface area contributed by atoms with Gasteiger partial charge >= 0.3 is 0 Å². The highest BCUT2D eigenvalue weighted by Crippen LogP contribution is 2.59. The molecule has 0 bridgehead atoms. The van der Waals surface area contributed by atoms with Crippen LogP contribution in [-0.4, -0.2) is 0 Å². The van der Waals surface area contributed by atoms with E-state index in [1.807, 2.05) is 18.2 Å². The standard InChI is InChI=1S/C27H17ClO/c28-20-15-16-21-23(17-20)27(18-9-3-1-4-10-18,19-11-5-2-6-12-19)25-22-13-7-8-14-24(22)29-26(21)25/h1-17H. The smallest absolute Gasteiger partial charge is 0.140 e. The van der Waals surface area contributed by atoms with Crippen molar-refractivity contribution >= 4 is 22.6 Å². The second kappa shape index (κ2) is 6.10. The van der Waals surface area contributed by atoms with Crippen LogP contribution in [0.5, 0.6) is 0 Å². The van der Waals surface area contributed by atoms with E-state index in [0.29, 0.717) is 0 Å². The zero-order chi connectivity index (χ0) is 19.4. The molecule has 1 aliphatic rings. The first-order chi connectivity index (χ1) is 14.3. The monoisotopic (exact) mass is 392 g/mol. The Bertz CT molecular complexity index is 1310. The van der Waals surface area contributed by atoms with E-state index in [4.69, 9.17) is 16.0 Å². The van der Waals surface area contributed by atoms with Gasteiger partial charge in [-0.15, -0.1) is 0 Å². The summed E-state index contributed by atoms with van der Waals surface area (Å²) in [7, 11) is 0. The minimum absolute atomic E-state index is 0.481. The van der Waals surface area contributed by atoms with Crippen molar-refractivity contribution in [3.05, 3.63) is 130 Å². The summed E-state index contributed by atoms with van der Waals surface area (Å²) < 4.78 is 6.43. The maximum absolute atomic E-state index is 6.52. The summed E-state index contributed by atoms with van der Waals surface area (Å²) in [5.41, 5.74) is 6.32. The zero-order valence-corrected chi connectivity index (χ0v) is 16.4. The van der Waals surface area contributed by atoms with Crippen LogP contribution in [0.2, 0.25) is 5.02 Å². The van der Waals surface area contributed by atoms with Gasteiger partial charge in [0.1, 0.15) is 11.3 Å². The van der Waals surface area contributed by atoms with Gasteiger partial charge in [-0.2, -0.15) is 0 Å². The average Bonchev–Trinajstić information content (AvgIpc) is 3.28. The molecule has 0 spiro atoms. The van der Waals surface area contributed by atoms with Crippen LogP contribution in [0.15, 0.2) is 108 Å². The third kappa shape index (κ3) is 2.17. The van der Waals surface area contributed by atoms with Crippen LogP contribution in [0.3, 0.4) is 0 Å². The van der Waals surface area contributed by atoms with Crippen LogP contribution in [-0.2, 0) is 5.41 Å². The highest BCUT2D eigenvalue weighted by atomic mass is 35.5. The lowest BCUT2D eigenvalue weighted by Gasteiger charge is -2.33. The molecule has 1 aromatic heterocycles. The Labute approximate surface area is 174 Å². The minimum atomic E-state index is -0.481. The molecule has 0 atom stereocenters. The van der Waals surface area contributed by atoms with Crippen molar-refractivity contribution in [3.8, 4) is 11.3 Å². The quantitative estimate of drug-likeness (QED) is 0.298. The number of hydrogen-bond acceptors (Lipinski definition) is 1. The normalized spacial score (nSPS) is 14.0. The molecule has 0 fully saturated rings. The van der Waals surface area contributed by atoms with E-state index in [0.717, 1.165) is 27.3 Å². The van der Waals surface area contributed by atoms with Gasteiger partial charge in [-0.3, -0.25) is 0 Å². The fraction of sp³-hybridized carbons (Fsp3) is 0.0370. The number of rotatable bonds is 2. The summed E-state index contributed by atoms with van der Waals surface area (Å²) in [4.78, 5) is 0. The van der Waals surface area contributed by atoms with Crippen LogP contribution >= 0.6 is 11.6 Å². The van der Waals surface area contributed by atoms with Gasteiger partial charge < -0.3 is 4.42 Å². The topological polar surface area (TPSA) is 13.1 Å². The van der Waals surface area contributed by atoms with Crippen LogP contribution in [0, 0.1) is 0 Å². The zero-order valence-electron chi connectivity index (χ0n) is 15.6. The lowest BCUT2D eigenvalue weighted by molar-refractivity contribution is 0.628. The third-order valence-electron chi connectivity index (χ3n) is 6.01. The Hall–Kier alpha value is -3.29. The van der Waals surface area contributed by atoms with Gasteiger partial charge in [0.2, 0.25) is 0 Å². The lowest BCUT2D eigenvalue weighted by atomic mass is 9.67. The Morgan fingerprint density at radius 3 is 1.97 bits per heavy atom. The number of hydrogen-bond donors (Lipinski definition) is 0. The summed E-state index contributed by atoms with van der Waals surface area (Å²) in [5, 5.41) is 1.87. The molecule has 1 heterocycles. The molecule has 0 aliphatic heterocycles. The maximum atomic E-state index is 6.52. The molecule has 0 saturated heterocycles. The summed E-state index contributed by atoms with van der Waals surface area (Å²) >= 11 is 6.52. The van der Waals surface area contributed by atoms with Crippen LogP contribution in [0.1, 0.15) is 22.3 Å². The molecular formula is C27H17ClO. The Morgan fingerprint density at radius 1 is 0.655 bits per heavy atom. The lowest BCUT2D eigenvalue weighted by Crippen LogP contribution is -2.28. The highest BCUT2D eigenvalue weighted by molar-refractivity contribution is 6.30. The first-order valence-corrected chi connectivity index (χ1v) is 10.1. The molecule has 0 radical (unpaired) electrons. The SMILES string of the molecule is Clc1ccc2c(c1)C(c1ccccc1)(c1ccccc1)c1c-2oc2ccccc12. The molecule has 0 amide bonds. The van der Waals surface area contributed by atoms with Crippen molar-refractivity contribution in [1.29, 1.82) is 0 Å². The molecule has 5 aromatic rings. The number of halogens is 1. The highest BCUT2D eigenvalue weighted by Gasteiger charge is 2.49. The van der Waals surface area contributed by atoms with Crippen molar-refractivity contribution < 1.29 is 4.42 Å². The molecule has 0 N–H and O–H groups in total. The second-order valence-electron chi connectivity index (χ2n) is 7.47. The summed E-state index contributed by atoms with van der Waals surface area (Å²) in [6.07, 6.45) is 0. The van der Waals surface area contributed by atoms with E-state index in [2.05, 4.69) is 84.9 Å². The Morgan fingerprint density at radius 2 is 1.28 bits per heavy atom. The van der Waals surface area contributed by atoms with Crippen LogP contribution in [0.25, 0.3) is 22.3 Å². The Kier molecular flexibility index (Phi) is 3.50. The minimum Gasteiger partial charge on any atom is -0.456 e. The van der Waals surface area contributed by atoms with Crippen molar-refractivity contribution in [1.82, 2.24) is 0 Å². The summed E-state index contributed by atoms with van der Waals surface area (Å²) in [5.74, 6) is 0.936. The van der Waals surface area contributed by atoms with Gasteiger partial charge in [-0.05, 0) is 41.0 Å². The van der Waals surface area contributed by atoms with Crippen LogP contribution < -0.4 is 0 Å². The van der Waals surface area contributed by atoms with Gasteiger partial charge in [0.25, 0.3) is 0 Å². The van der Waals surface area contributed by atoms with E-state index < -0.39 is 5.41 Å². The van der Waals surface area contributed by atoms with E-state index in [9.17, 15) is 0 Å². The van der Waals surface area contributed by atoms with E-state index >= 15 is 0 Å². The first-order valence-electron chi connectivity index (χ1n) is 9.73. The van der Waals surface area contributed by atoms with Gasteiger partial charge in [0.15, 0.2) is 0 Å². The average molecular weight is 393 g/mol. The fourth-order valence-corrected chi connectivity index (χ4v) is 5.08. The molecule has 138 valence electrons. The third-order valence-corrected chi connectivity index (χ3v) is 6.25. The fourth-order valence-electron chi connectivity index (χ4n) is 4.91. The Balaban J connectivity index is 1.87. The molecular weight excluding hydrogens is 376 g/mol. The number of para-hydroxylation sites is 1. The maximum Gasteiger partial charge on any atom is 0.140 e. The van der Waals surface area contributed by atoms with Crippen molar-refractivity contribution in [3.63, 3.8) is 0 Å². The number of benzene rings is 4. The second-order valence-corrected chi connectivity index (χ2v) is 7.91. The van der Waals surface area contributed by atoms with Crippen molar-refractivity contribution in [2.75, 3.05) is 0 Å². The molecule has 6 rings (SSSR count). The van der Waals surface area contributed by atoms with Gasteiger partial charge in [-0.1, -0.05) is 90.5 Å². The molecule has 29 heavy (non-hydrogen) atoms. The first kappa shape index (κ1) is 16.6. The molecule has 2 heteroatoms.